The van der Waals surface area contributed by atoms with Crippen molar-refractivity contribution in [1.82, 2.24) is 4.90 Å². The van der Waals surface area contributed by atoms with Gasteiger partial charge in [-0.15, -0.1) is 0 Å². The van der Waals surface area contributed by atoms with E-state index in [4.69, 9.17) is 5.41 Å². The van der Waals surface area contributed by atoms with Gasteiger partial charge in [0.2, 0.25) is 0 Å². The van der Waals surface area contributed by atoms with Crippen LogP contribution in [0.3, 0.4) is 0 Å². The zero-order chi connectivity index (χ0) is 9.84. The molecule has 1 heterocycles. The third kappa shape index (κ3) is 2.47. The fourth-order valence-electron chi connectivity index (χ4n) is 1.53. The van der Waals surface area contributed by atoms with Crippen LogP contribution in [0, 0.1) is 5.41 Å². The Labute approximate surface area is 79.6 Å². The summed E-state index contributed by atoms with van der Waals surface area (Å²) in [5.74, 6) is 0.746. The molecule has 0 unspecified atom stereocenters. The second kappa shape index (κ2) is 4.30. The zero-order valence-electron chi connectivity index (χ0n) is 8.43. The van der Waals surface area contributed by atoms with Crippen LogP contribution in [-0.4, -0.2) is 28.9 Å². The average molecular weight is 182 g/mol. The van der Waals surface area contributed by atoms with Crippen LogP contribution < -0.4 is 0 Å². The van der Waals surface area contributed by atoms with Crippen LogP contribution in [0.4, 0.5) is 0 Å². The Bertz CT molecular complexity index is 223. The summed E-state index contributed by atoms with van der Waals surface area (Å²) in [5.41, 5.74) is 0.696. The van der Waals surface area contributed by atoms with E-state index in [-0.39, 0.29) is 5.76 Å². The molecule has 0 spiro atoms. The predicted octanol–water partition coefficient (Wildman–Crippen LogP) is 2.30. The highest BCUT2D eigenvalue weighted by Gasteiger charge is 2.15. The van der Waals surface area contributed by atoms with E-state index < -0.39 is 0 Å². The molecule has 1 saturated heterocycles. The molecule has 0 amide bonds. The van der Waals surface area contributed by atoms with Gasteiger partial charge in [0.15, 0.2) is 0 Å². The molecule has 2 N–H and O–H groups in total. The summed E-state index contributed by atoms with van der Waals surface area (Å²) >= 11 is 0. The largest absolute Gasteiger partial charge is 0.512 e. The Hall–Kier alpha value is -0.990. The second-order valence-electron chi connectivity index (χ2n) is 3.61. The molecule has 0 saturated carbocycles. The zero-order valence-corrected chi connectivity index (χ0v) is 8.43. The molecule has 0 aromatic heterocycles. The smallest absolute Gasteiger partial charge is 0.126 e. The maximum Gasteiger partial charge on any atom is 0.126 e. The Morgan fingerprint density at radius 1 is 1.15 bits per heavy atom. The number of nitrogens with zero attached hydrogens (tertiary/aromatic N) is 1. The first kappa shape index (κ1) is 10.1. The van der Waals surface area contributed by atoms with Crippen LogP contribution in [0.2, 0.25) is 0 Å². The van der Waals surface area contributed by atoms with Gasteiger partial charge in [-0.3, -0.25) is 5.41 Å². The van der Waals surface area contributed by atoms with E-state index in [0.29, 0.717) is 11.4 Å². The van der Waals surface area contributed by atoms with Gasteiger partial charge < -0.3 is 10.0 Å². The van der Waals surface area contributed by atoms with Crippen molar-refractivity contribution < 1.29 is 5.11 Å². The molecule has 1 fully saturated rings. The van der Waals surface area contributed by atoms with Crippen molar-refractivity contribution >= 4 is 5.84 Å². The molecular weight excluding hydrogens is 164 g/mol. The topological polar surface area (TPSA) is 47.3 Å². The average Bonchev–Trinajstić information content (AvgIpc) is 2.17. The van der Waals surface area contributed by atoms with Gasteiger partial charge in [-0.25, -0.2) is 0 Å². The van der Waals surface area contributed by atoms with Crippen molar-refractivity contribution in [3.63, 3.8) is 0 Å². The molecule has 0 radical (unpaired) electrons. The number of allylic oxidation sites excluding steroid dienone is 1. The minimum absolute atomic E-state index is 0.260. The standard InChI is InChI=1S/C10H18N2O/c1-8(9(2)13)10(11)12-6-4-3-5-7-12/h11,13H,3-7H2,1-2H3/b9-8+,11-10?. The van der Waals surface area contributed by atoms with Crippen molar-refractivity contribution in [1.29, 1.82) is 5.41 Å². The highest BCUT2D eigenvalue weighted by Crippen LogP contribution is 2.13. The van der Waals surface area contributed by atoms with Gasteiger partial charge in [0.05, 0.1) is 5.76 Å². The van der Waals surface area contributed by atoms with Crippen LogP contribution in [0.25, 0.3) is 0 Å². The third-order valence-corrected chi connectivity index (χ3v) is 2.57. The fraction of sp³-hybridized carbons (Fsp3) is 0.700. The van der Waals surface area contributed by atoms with Gasteiger partial charge in [-0.1, -0.05) is 0 Å². The maximum absolute atomic E-state index is 9.23. The van der Waals surface area contributed by atoms with E-state index in [0.717, 1.165) is 13.1 Å². The summed E-state index contributed by atoms with van der Waals surface area (Å²) in [7, 11) is 0. The molecule has 0 aromatic carbocycles. The molecule has 0 bridgehead atoms. The van der Waals surface area contributed by atoms with Crippen molar-refractivity contribution in [2.24, 2.45) is 0 Å². The molecule has 1 aliphatic heterocycles. The molecule has 1 aliphatic rings. The van der Waals surface area contributed by atoms with Gasteiger partial charge in [0.25, 0.3) is 0 Å². The molecule has 0 aliphatic carbocycles. The van der Waals surface area contributed by atoms with Gasteiger partial charge in [-0.2, -0.15) is 0 Å². The van der Waals surface area contributed by atoms with Crippen LogP contribution >= 0.6 is 0 Å². The van der Waals surface area contributed by atoms with Gasteiger partial charge >= 0.3 is 0 Å². The number of amidine groups is 1. The van der Waals surface area contributed by atoms with E-state index in [2.05, 4.69) is 0 Å². The number of likely N-dealkylation sites (tertiary alicyclic amines) is 1. The number of aliphatic hydroxyl groups excluding tert-OH is 1. The number of piperidine rings is 1. The highest BCUT2D eigenvalue weighted by molar-refractivity contribution is 5.95. The molecule has 74 valence electrons. The molecule has 0 aromatic rings. The Kier molecular flexibility index (Phi) is 3.34. The highest BCUT2D eigenvalue weighted by atomic mass is 16.3. The lowest BCUT2D eigenvalue weighted by Gasteiger charge is -2.29. The first-order valence-electron chi connectivity index (χ1n) is 4.83. The van der Waals surface area contributed by atoms with Crippen LogP contribution in [0.5, 0.6) is 0 Å². The van der Waals surface area contributed by atoms with Crippen molar-refractivity contribution in [3.8, 4) is 0 Å². The first-order chi connectivity index (χ1) is 6.13. The number of rotatable bonds is 1. The lowest BCUT2D eigenvalue weighted by molar-refractivity contribution is 0.337. The minimum atomic E-state index is 0.260. The first-order valence-corrected chi connectivity index (χ1v) is 4.83. The van der Waals surface area contributed by atoms with E-state index in [9.17, 15) is 5.11 Å². The fourth-order valence-corrected chi connectivity index (χ4v) is 1.53. The van der Waals surface area contributed by atoms with E-state index >= 15 is 0 Å². The maximum atomic E-state index is 9.23. The normalized spacial score (nSPS) is 19.7. The van der Waals surface area contributed by atoms with E-state index in [1.165, 1.54) is 19.3 Å². The number of hydrogen-bond donors (Lipinski definition) is 2. The summed E-state index contributed by atoms with van der Waals surface area (Å²) in [4.78, 5) is 2.04. The SMILES string of the molecule is C/C(O)=C(/C)C(=N)N1CCCCC1. The van der Waals surface area contributed by atoms with Crippen molar-refractivity contribution in [3.05, 3.63) is 11.3 Å². The van der Waals surface area contributed by atoms with E-state index in [1.807, 2.05) is 4.90 Å². The Morgan fingerprint density at radius 2 is 1.69 bits per heavy atom. The summed E-state index contributed by atoms with van der Waals surface area (Å²) in [6.07, 6.45) is 3.60. The van der Waals surface area contributed by atoms with Crippen molar-refractivity contribution in [2.75, 3.05) is 13.1 Å². The number of aliphatic hydroxyl groups is 1. The second-order valence-corrected chi connectivity index (χ2v) is 3.61. The van der Waals surface area contributed by atoms with Gasteiger partial charge in [0.1, 0.15) is 5.84 Å². The van der Waals surface area contributed by atoms with Gasteiger partial charge in [-0.05, 0) is 33.1 Å². The summed E-state index contributed by atoms with van der Waals surface area (Å²) in [6.45, 7) is 5.35. The van der Waals surface area contributed by atoms with Crippen molar-refractivity contribution in [2.45, 2.75) is 33.1 Å². The molecular formula is C10H18N2O. The summed E-state index contributed by atoms with van der Waals surface area (Å²) < 4.78 is 0. The lowest BCUT2D eigenvalue weighted by Crippen LogP contribution is -2.35. The third-order valence-electron chi connectivity index (χ3n) is 2.57. The monoisotopic (exact) mass is 182 g/mol. The van der Waals surface area contributed by atoms with Crippen LogP contribution in [0.15, 0.2) is 11.3 Å². The molecule has 3 heteroatoms. The Morgan fingerprint density at radius 3 is 2.15 bits per heavy atom. The quantitative estimate of drug-likeness (QED) is 0.371. The number of hydrogen-bond acceptors (Lipinski definition) is 2. The Balaban J connectivity index is 2.61. The predicted molar refractivity (Wildman–Crippen MR) is 54.2 cm³/mol. The number of nitrogens with one attached hydrogen (secondary N) is 1. The van der Waals surface area contributed by atoms with Crippen LogP contribution in [0.1, 0.15) is 33.1 Å². The molecule has 1 rings (SSSR count). The van der Waals surface area contributed by atoms with E-state index in [1.54, 1.807) is 13.8 Å². The van der Waals surface area contributed by atoms with Crippen LogP contribution in [-0.2, 0) is 0 Å². The summed E-state index contributed by atoms with van der Waals surface area (Å²) in [5, 5.41) is 17.1. The molecule has 0 atom stereocenters. The summed E-state index contributed by atoms with van der Waals surface area (Å²) in [6, 6.07) is 0. The lowest BCUT2D eigenvalue weighted by atomic mass is 10.1. The molecule has 13 heavy (non-hydrogen) atoms. The molecule has 3 nitrogen and oxygen atoms in total. The minimum Gasteiger partial charge on any atom is -0.512 e. The van der Waals surface area contributed by atoms with Gasteiger partial charge in [0, 0.05) is 18.7 Å².